The van der Waals surface area contributed by atoms with Crippen molar-refractivity contribution < 1.29 is 0 Å². The summed E-state index contributed by atoms with van der Waals surface area (Å²) >= 11 is 0. The number of hydrogen-bond acceptors (Lipinski definition) is 0. The van der Waals surface area contributed by atoms with Gasteiger partial charge in [-0.15, -0.1) is 0 Å². The fourth-order valence-electron chi connectivity index (χ4n) is 1.42. The van der Waals surface area contributed by atoms with Gasteiger partial charge in [0, 0.05) is 11.9 Å². The summed E-state index contributed by atoms with van der Waals surface area (Å²) in [5.41, 5.74) is 2.90. The molecule has 0 amide bonds. The van der Waals surface area contributed by atoms with E-state index in [1.165, 1.54) is 24.1 Å². The third kappa shape index (κ3) is 1.86. The zero-order chi connectivity index (χ0) is 8.27. The molecule has 0 atom stereocenters. The summed E-state index contributed by atoms with van der Waals surface area (Å²) in [4.78, 5) is 3.29. The summed E-state index contributed by atoms with van der Waals surface area (Å²) in [7, 11) is 0. The number of nitrogens with one attached hydrogen (secondary N) is 1. The normalized spacial score (nSPS) is 10.9. The summed E-state index contributed by atoms with van der Waals surface area (Å²) in [5, 5.41) is 0. The predicted octanol–water partition coefficient (Wildman–Crippen LogP) is 3.09. The molecular weight excluding hydrogens is 134 g/mol. The van der Waals surface area contributed by atoms with Crippen molar-refractivity contribution >= 4 is 0 Å². The highest BCUT2D eigenvalue weighted by molar-refractivity contribution is 5.23. The van der Waals surface area contributed by atoms with E-state index in [9.17, 15) is 0 Å². The van der Waals surface area contributed by atoms with E-state index in [1.54, 1.807) is 0 Å². The summed E-state index contributed by atoms with van der Waals surface area (Å²) in [6.07, 6.45) is 4.45. The molecule has 1 nitrogen and oxygen atoms in total. The lowest BCUT2D eigenvalue weighted by atomic mass is 10.0. The Morgan fingerprint density at radius 3 is 2.73 bits per heavy atom. The number of rotatable bonds is 3. The molecule has 62 valence electrons. The number of aryl methyl sites for hydroxylation is 1. The number of aromatic nitrogens is 1. The maximum atomic E-state index is 3.29. The highest BCUT2D eigenvalue weighted by atomic mass is 14.7. The van der Waals surface area contributed by atoms with Gasteiger partial charge in [0.05, 0.1) is 0 Å². The molecule has 0 aliphatic heterocycles. The Labute approximate surface area is 68.8 Å². The molecule has 0 aliphatic carbocycles. The van der Waals surface area contributed by atoms with E-state index in [-0.39, 0.29) is 0 Å². The molecule has 0 saturated carbocycles. The Morgan fingerprint density at radius 1 is 1.45 bits per heavy atom. The molecule has 1 rings (SSSR count). The van der Waals surface area contributed by atoms with Crippen molar-refractivity contribution in [3.8, 4) is 0 Å². The van der Waals surface area contributed by atoms with Crippen molar-refractivity contribution in [3.63, 3.8) is 0 Å². The Balaban J connectivity index is 2.78. The van der Waals surface area contributed by atoms with Crippen molar-refractivity contribution in [2.45, 2.75) is 39.5 Å². The molecule has 0 aliphatic rings. The van der Waals surface area contributed by atoms with E-state index in [4.69, 9.17) is 0 Å². The van der Waals surface area contributed by atoms with Crippen molar-refractivity contribution in [2.75, 3.05) is 0 Å². The number of aromatic amines is 1. The van der Waals surface area contributed by atoms with E-state index < -0.39 is 0 Å². The average Bonchev–Trinajstić information content (AvgIpc) is 2.36. The van der Waals surface area contributed by atoms with Crippen molar-refractivity contribution in [3.05, 3.63) is 23.5 Å². The lowest BCUT2D eigenvalue weighted by Crippen LogP contribution is -1.92. The summed E-state index contributed by atoms with van der Waals surface area (Å²) in [6.45, 7) is 6.69. The number of H-pyrrole nitrogens is 1. The molecule has 1 N–H and O–H groups in total. The Morgan fingerprint density at radius 2 is 2.18 bits per heavy atom. The largest absolute Gasteiger partial charge is 0.365 e. The van der Waals surface area contributed by atoms with Crippen LogP contribution in [0.1, 0.15) is 44.4 Å². The first-order valence-corrected chi connectivity index (χ1v) is 4.41. The minimum atomic E-state index is 0.655. The maximum Gasteiger partial charge on any atom is 0.0182 e. The van der Waals surface area contributed by atoms with E-state index in [2.05, 4.69) is 31.8 Å². The number of hydrogen-bond donors (Lipinski definition) is 1. The molecule has 0 fully saturated rings. The van der Waals surface area contributed by atoms with Crippen molar-refractivity contribution in [1.29, 1.82) is 0 Å². The van der Waals surface area contributed by atoms with Crippen LogP contribution in [0.15, 0.2) is 12.3 Å². The third-order valence-electron chi connectivity index (χ3n) is 1.99. The summed E-state index contributed by atoms with van der Waals surface area (Å²) in [5.74, 6) is 0.655. The van der Waals surface area contributed by atoms with E-state index in [1.807, 2.05) is 6.20 Å². The van der Waals surface area contributed by atoms with Crippen LogP contribution in [0.4, 0.5) is 0 Å². The van der Waals surface area contributed by atoms with Gasteiger partial charge in [-0.3, -0.25) is 0 Å². The van der Waals surface area contributed by atoms with Crippen LogP contribution in [0.5, 0.6) is 0 Å². The molecule has 1 heterocycles. The second kappa shape index (κ2) is 3.61. The molecule has 0 saturated heterocycles. The van der Waals surface area contributed by atoms with Crippen LogP contribution < -0.4 is 0 Å². The van der Waals surface area contributed by atoms with Crippen LogP contribution in [-0.4, -0.2) is 4.98 Å². The summed E-state index contributed by atoms with van der Waals surface area (Å²) in [6, 6.07) is 2.19. The maximum absolute atomic E-state index is 3.29. The van der Waals surface area contributed by atoms with Gasteiger partial charge in [-0.2, -0.15) is 0 Å². The van der Waals surface area contributed by atoms with Gasteiger partial charge < -0.3 is 4.98 Å². The van der Waals surface area contributed by atoms with Gasteiger partial charge in [-0.25, -0.2) is 0 Å². The SMILES string of the molecule is CCCc1[nH]ccc1C(C)C. The van der Waals surface area contributed by atoms with Crippen molar-refractivity contribution in [1.82, 2.24) is 4.98 Å². The Kier molecular flexibility index (Phi) is 2.75. The zero-order valence-electron chi connectivity index (χ0n) is 7.65. The fourth-order valence-corrected chi connectivity index (χ4v) is 1.42. The third-order valence-corrected chi connectivity index (χ3v) is 1.99. The van der Waals surface area contributed by atoms with Gasteiger partial charge >= 0.3 is 0 Å². The molecular formula is C10H17N. The standard InChI is InChI=1S/C10H17N/c1-4-5-10-9(8(2)3)6-7-11-10/h6-8,11H,4-5H2,1-3H3. The van der Waals surface area contributed by atoms with Gasteiger partial charge in [0.25, 0.3) is 0 Å². The van der Waals surface area contributed by atoms with Gasteiger partial charge in [-0.1, -0.05) is 27.2 Å². The van der Waals surface area contributed by atoms with Crippen LogP contribution in [0.25, 0.3) is 0 Å². The molecule has 0 radical (unpaired) electrons. The van der Waals surface area contributed by atoms with Crippen LogP contribution in [0.3, 0.4) is 0 Å². The Bertz CT molecular complexity index is 210. The second-order valence-electron chi connectivity index (χ2n) is 3.32. The lowest BCUT2D eigenvalue weighted by Gasteiger charge is -2.05. The molecule has 0 bridgehead atoms. The molecule has 0 unspecified atom stereocenters. The van der Waals surface area contributed by atoms with Crippen LogP contribution in [0.2, 0.25) is 0 Å². The monoisotopic (exact) mass is 151 g/mol. The van der Waals surface area contributed by atoms with Crippen molar-refractivity contribution in [2.24, 2.45) is 0 Å². The van der Waals surface area contributed by atoms with E-state index in [0.29, 0.717) is 5.92 Å². The molecule has 1 aromatic rings. The smallest absolute Gasteiger partial charge is 0.0182 e. The van der Waals surface area contributed by atoms with Gasteiger partial charge in [0.1, 0.15) is 0 Å². The van der Waals surface area contributed by atoms with Crippen LogP contribution in [0, 0.1) is 0 Å². The average molecular weight is 151 g/mol. The first-order valence-electron chi connectivity index (χ1n) is 4.41. The molecule has 0 aromatic carbocycles. The summed E-state index contributed by atoms with van der Waals surface area (Å²) < 4.78 is 0. The Hall–Kier alpha value is -0.720. The fraction of sp³-hybridized carbons (Fsp3) is 0.600. The lowest BCUT2D eigenvalue weighted by molar-refractivity contribution is 0.812. The van der Waals surface area contributed by atoms with Gasteiger partial charge in [-0.05, 0) is 24.0 Å². The minimum absolute atomic E-state index is 0.655. The van der Waals surface area contributed by atoms with Gasteiger partial charge in [0.15, 0.2) is 0 Å². The minimum Gasteiger partial charge on any atom is -0.365 e. The zero-order valence-corrected chi connectivity index (χ0v) is 7.65. The second-order valence-corrected chi connectivity index (χ2v) is 3.32. The highest BCUT2D eigenvalue weighted by Gasteiger charge is 2.05. The molecule has 1 heteroatoms. The quantitative estimate of drug-likeness (QED) is 0.683. The highest BCUT2D eigenvalue weighted by Crippen LogP contribution is 2.18. The molecule has 0 spiro atoms. The molecule has 1 aromatic heterocycles. The van der Waals surface area contributed by atoms with Gasteiger partial charge in [0.2, 0.25) is 0 Å². The van der Waals surface area contributed by atoms with Crippen LogP contribution in [-0.2, 0) is 6.42 Å². The molecule has 11 heavy (non-hydrogen) atoms. The van der Waals surface area contributed by atoms with Crippen LogP contribution >= 0.6 is 0 Å². The topological polar surface area (TPSA) is 15.8 Å². The van der Waals surface area contributed by atoms with E-state index in [0.717, 1.165) is 0 Å². The first-order chi connectivity index (χ1) is 5.25. The predicted molar refractivity (Wildman–Crippen MR) is 48.9 cm³/mol. The first kappa shape index (κ1) is 8.38. The van der Waals surface area contributed by atoms with E-state index >= 15 is 0 Å².